The molecule has 0 unspecified atom stereocenters. The molecule has 1 amide bonds. The van der Waals surface area contributed by atoms with Gasteiger partial charge in [0.25, 0.3) is 15.9 Å². The van der Waals surface area contributed by atoms with Gasteiger partial charge in [-0.2, -0.15) is 4.31 Å². The van der Waals surface area contributed by atoms with Crippen LogP contribution in [-0.2, 0) is 14.8 Å². The van der Waals surface area contributed by atoms with Crippen molar-refractivity contribution in [3.05, 3.63) is 95.0 Å². The van der Waals surface area contributed by atoms with Crippen LogP contribution in [0.3, 0.4) is 0 Å². The lowest BCUT2D eigenvalue weighted by atomic mass is 10.2. The van der Waals surface area contributed by atoms with Crippen molar-refractivity contribution in [3.8, 4) is 5.75 Å². The number of sulfonamides is 1. The van der Waals surface area contributed by atoms with Gasteiger partial charge in [-0.25, -0.2) is 8.42 Å². The fourth-order valence-corrected chi connectivity index (χ4v) is 4.47. The predicted molar refractivity (Wildman–Crippen MR) is 124 cm³/mol. The molecule has 0 fully saturated rings. The van der Waals surface area contributed by atoms with Gasteiger partial charge < -0.3 is 4.74 Å². The summed E-state index contributed by atoms with van der Waals surface area (Å²) in [5.74, 6) is -0.136. The molecule has 0 N–H and O–H groups in total. The van der Waals surface area contributed by atoms with Crippen LogP contribution in [0.5, 0.6) is 5.75 Å². The Kier molecular flexibility index (Phi) is 7.15. The van der Waals surface area contributed by atoms with Gasteiger partial charge in [0.1, 0.15) is 5.75 Å². The van der Waals surface area contributed by atoms with Gasteiger partial charge in [0.2, 0.25) is 0 Å². The van der Waals surface area contributed by atoms with E-state index in [2.05, 4.69) is 0 Å². The number of hydrogen-bond acceptors (Lipinski definition) is 4. The van der Waals surface area contributed by atoms with E-state index in [1.807, 2.05) is 13.8 Å². The average molecular weight is 456 g/mol. The van der Waals surface area contributed by atoms with E-state index in [9.17, 15) is 13.2 Å². The third kappa shape index (κ3) is 5.34. The monoisotopic (exact) mass is 455 g/mol. The molecule has 160 valence electrons. The first-order valence-electron chi connectivity index (χ1n) is 9.64. The summed E-state index contributed by atoms with van der Waals surface area (Å²) in [7, 11) is -4.15. The summed E-state index contributed by atoms with van der Waals surface area (Å²) < 4.78 is 33.0. The Hall–Kier alpha value is -3.09. The molecule has 3 aromatic carbocycles. The number of rotatable bonds is 7. The summed E-state index contributed by atoms with van der Waals surface area (Å²) in [5, 5.41) is 0.459. The predicted octanol–water partition coefficient (Wildman–Crippen LogP) is 5.48. The van der Waals surface area contributed by atoms with Crippen molar-refractivity contribution in [1.29, 1.82) is 0 Å². The van der Waals surface area contributed by atoms with Crippen molar-refractivity contribution in [1.82, 2.24) is 0 Å². The first-order chi connectivity index (χ1) is 14.8. The van der Waals surface area contributed by atoms with E-state index in [0.717, 1.165) is 9.87 Å². The second-order valence-corrected chi connectivity index (χ2v) is 8.90. The zero-order valence-electron chi connectivity index (χ0n) is 17.2. The minimum atomic E-state index is -4.15. The number of ether oxygens (including phenoxy) is 1. The van der Waals surface area contributed by atoms with Gasteiger partial charge in [-0.05, 0) is 68.0 Å². The number of anilines is 1. The Morgan fingerprint density at radius 1 is 1.00 bits per heavy atom. The third-order valence-corrected chi connectivity index (χ3v) is 6.54. The van der Waals surface area contributed by atoms with Crippen LogP contribution in [0.1, 0.15) is 18.1 Å². The van der Waals surface area contributed by atoms with Crippen molar-refractivity contribution in [3.63, 3.8) is 0 Å². The standard InChI is InChI=1S/C24H22ClNO4S/c1-3-30-21-13-11-20(12-14-21)26(31(28,29)22-15-8-18(2)9-16-22)24(27)17-10-19-6-4-5-7-23(19)25/h4-17H,3H2,1-2H3/b17-10+. The smallest absolute Gasteiger partial charge is 0.271 e. The molecule has 7 heteroatoms. The van der Waals surface area contributed by atoms with E-state index in [-0.39, 0.29) is 10.6 Å². The van der Waals surface area contributed by atoms with E-state index in [4.69, 9.17) is 16.3 Å². The van der Waals surface area contributed by atoms with Crippen LogP contribution >= 0.6 is 11.6 Å². The summed E-state index contributed by atoms with van der Waals surface area (Å²) >= 11 is 6.14. The quantitative estimate of drug-likeness (QED) is 0.442. The van der Waals surface area contributed by atoms with E-state index in [1.54, 1.807) is 48.5 Å². The minimum absolute atomic E-state index is 0.0199. The molecule has 0 heterocycles. The highest BCUT2D eigenvalue weighted by Crippen LogP contribution is 2.27. The number of nitrogens with zero attached hydrogens (tertiary/aromatic N) is 1. The van der Waals surface area contributed by atoms with Crippen LogP contribution in [0.4, 0.5) is 5.69 Å². The number of carbonyl (C=O) groups excluding carboxylic acids is 1. The van der Waals surface area contributed by atoms with Crippen LogP contribution in [0.25, 0.3) is 6.08 Å². The topological polar surface area (TPSA) is 63.7 Å². The second kappa shape index (κ2) is 9.81. The van der Waals surface area contributed by atoms with Gasteiger partial charge in [0.15, 0.2) is 0 Å². The van der Waals surface area contributed by atoms with Gasteiger partial charge in [0, 0.05) is 11.1 Å². The number of halogens is 1. The average Bonchev–Trinajstić information content (AvgIpc) is 2.75. The van der Waals surface area contributed by atoms with Crippen molar-refractivity contribution < 1.29 is 17.9 Å². The molecule has 0 radical (unpaired) electrons. The first kappa shape index (κ1) is 22.6. The molecular weight excluding hydrogens is 434 g/mol. The zero-order chi connectivity index (χ0) is 22.4. The Morgan fingerprint density at radius 3 is 2.26 bits per heavy atom. The lowest BCUT2D eigenvalue weighted by Crippen LogP contribution is -2.35. The molecule has 5 nitrogen and oxygen atoms in total. The minimum Gasteiger partial charge on any atom is -0.494 e. The molecule has 3 aromatic rings. The first-order valence-corrected chi connectivity index (χ1v) is 11.5. The molecule has 0 aromatic heterocycles. The number of benzene rings is 3. The van der Waals surface area contributed by atoms with Gasteiger partial charge in [-0.3, -0.25) is 4.79 Å². The normalized spacial score (nSPS) is 11.5. The Bertz CT molecular complexity index is 1190. The van der Waals surface area contributed by atoms with Crippen molar-refractivity contribution >= 4 is 39.3 Å². The molecule has 0 bridgehead atoms. The van der Waals surface area contributed by atoms with E-state index >= 15 is 0 Å². The van der Waals surface area contributed by atoms with Gasteiger partial charge in [-0.1, -0.05) is 47.5 Å². The fraction of sp³-hybridized carbons (Fsp3) is 0.125. The van der Waals surface area contributed by atoms with E-state index < -0.39 is 15.9 Å². The molecule has 3 rings (SSSR count). The molecule has 0 atom stereocenters. The third-order valence-electron chi connectivity index (χ3n) is 4.45. The van der Waals surface area contributed by atoms with Gasteiger partial charge in [0.05, 0.1) is 17.2 Å². The molecule has 0 aliphatic rings. The molecular formula is C24H22ClNO4S. The summed E-state index contributed by atoms with van der Waals surface area (Å²) in [6.07, 6.45) is 2.69. The summed E-state index contributed by atoms with van der Waals surface area (Å²) in [4.78, 5) is 13.1. The maximum atomic E-state index is 13.4. The van der Waals surface area contributed by atoms with Crippen LogP contribution in [0.2, 0.25) is 5.02 Å². The molecule has 0 saturated carbocycles. The maximum Gasteiger partial charge on any atom is 0.271 e. The van der Waals surface area contributed by atoms with Gasteiger partial charge in [-0.15, -0.1) is 0 Å². The summed E-state index contributed by atoms with van der Waals surface area (Å²) in [5.41, 5.74) is 1.73. The molecule has 31 heavy (non-hydrogen) atoms. The highest BCUT2D eigenvalue weighted by Gasteiger charge is 2.29. The zero-order valence-corrected chi connectivity index (χ0v) is 18.7. The Morgan fingerprint density at radius 2 is 1.65 bits per heavy atom. The van der Waals surface area contributed by atoms with Crippen LogP contribution in [0, 0.1) is 6.92 Å². The van der Waals surface area contributed by atoms with Gasteiger partial charge >= 0.3 is 0 Å². The Balaban J connectivity index is 2.04. The fourth-order valence-electron chi connectivity index (χ4n) is 2.88. The maximum absolute atomic E-state index is 13.4. The molecule has 0 aliphatic carbocycles. The summed E-state index contributed by atoms with van der Waals surface area (Å²) in [6.45, 7) is 4.19. The van der Waals surface area contributed by atoms with Crippen LogP contribution in [-0.4, -0.2) is 20.9 Å². The van der Waals surface area contributed by atoms with E-state index in [1.165, 1.54) is 36.4 Å². The number of hydrogen-bond donors (Lipinski definition) is 0. The van der Waals surface area contributed by atoms with Crippen molar-refractivity contribution in [2.24, 2.45) is 0 Å². The van der Waals surface area contributed by atoms with Crippen molar-refractivity contribution in [2.75, 3.05) is 10.9 Å². The number of carbonyl (C=O) groups is 1. The Labute approximate surface area is 187 Å². The highest BCUT2D eigenvalue weighted by molar-refractivity contribution is 7.93. The molecule has 0 aliphatic heterocycles. The lowest BCUT2D eigenvalue weighted by molar-refractivity contribution is -0.113. The van der Waals surface area contributed by atoms with E-state index in [0.29, 0.717) is 22.9 Å². The molecule has 0 spiro atoms. The number of amides is 1. The number of aryl methyl sites for hydroxylation is 1. The highest BCUT2D eigenvalue weighted by atomic mass is 35.5. The van der Waals surface area contributed by atoms with Crippen molar-refractivity contribution in [2.45, 2.75) is 18.7 Å². The summed E-state index contributed by atoms with van der Waals surface area (Å²) in [6, 6.07) is 19.7. The van der Waals surface area contributed by atoms with Crippen LogP contribution in [0.15, 0.2) is 83.8 Å². The van der Waals surface area contributed by atoms with Crippen LogP contribution < -0.4 is 9.04 Å². The molecule has 0 saturated heterocycles. The SMILES string of the molecule is CCOc1ccc(N(C(=O)/C=C/c2ccccc2Cl)S(=O)(=O)c2ccc(C)cc2)cc1. The largest absolute Gasteiger partial charge is 0.494 e. The lowest BCUT2D eigenvalue weighted by Gasteiger charge is -2.22. The second-order valence-electron chi connectivity index (χ2n) is 6.70.